The summed E-state index contributed by atoms with van der Waals surface area (Å²) in [5, 5.41) is 3.70. The molecule has 2 rings (SSSR count). The van der Waals surface area contributed by atoms with Crippen LogP contribution in [0.1, 0.15) is 31.9 Å². The highest BCUT2D eigenvalue weighted by Crippen LogP contribution is 2.31. The fraction of sp³-hybridized carbons (Fsp3) is 0.438. The van der Waals surface area contributed by atoms with Crippen molar-refractivity contribution in [3.8, 4) is 0 Å². The second-order valence-electron chi connectivity index (χ2n) is 6.11. The van der Waals surface area contributed by atoms with Crippen LogP contribution in [0.15, 0.2) is 23.8 Å². The summed E-state index contributed by atoms with van der Waals surface area (Å²) in [4.78, 5) is 0. The molecule has 0 fully saturated rings. The number of nitrogens with one attached hydrogen (secondary N) is 1. The van der Waals surface area contributed by atoms with E-state index in [1.165, 1.54) is 22.4 Å². The molecule has 2 heteroatoms. The van der Waals surface area contributed by atoms with Gasteiger partial charge >= 0.3 is 0 Å². The smallest absolute Gasteiger partial charge is 0.0461 e. The molecule has 1 aliphatic carbocycles. The van der Waals surface area contributed by atoms with Crippen molar-refractivity contribution in [1.29, 1.82) is 0 Å². The fourth-order valence-electron chi connectivity index (χ4n) is 2.75. The van der Waals surface area contributed by atoms with E-state index >= 15 is 0 Å². The van der Waals surface area contributed by atoms with Crippen LogP contribution in [0, 0.1) is 0 Å². The highest BCUT2D eigenvalue weighted by molar-refractivity contribution is 6.64. The maximum absolute atomic E-state index is 3.70. The summed E-state index contributed by atoms with van der Waals surface area (Å²) >= 11 is 0. The Bertz CT molecular complexity index is 520. The van der Waals surface area contributed by atoms with Crippen molar-refractivity contribution in [1.82, 2.24) is 0 Å². The van der Waals surface area contributed by atoms with E-state index in [0.717, 1.165) is 6.42 Å². The summed E-state index contributed by atoms with van der Waals surface area (Å²) in [5.41, 5.74) is 8.09. The predicted molar refractivity (Wildman–Crippen MR) is 85.0 cm³/mol. The normalized spacial score (nSPS) is 13.9. The summed E-state index contributed by atoms with van der Waals surface area (Å²) < 4.78 is 0. The molecule has 0 atom stereocenters. The van der Waals surface area contributed by atoms with Crippen molar-refractivity contribution in [2.24, 2.45) is 0 Å². The maximum atomic E-state index is 3.70. The second kappa shape index (κ2) is 4.85. The number of allylic oxidation sites excluding steroid dienone is 1. The summed E-state index contributed by atoms with van der Waals surface area (Å²) in [7, 11) is -0.338. The number of fused-ring (bicyclic) bond motifs is 1. The molecule has 0 saturated carbocycles. The first kappa shape index (κ1) is 13.3. The Labute approximate surface area is 112 Å². The van der Waals surface area contributed by atoms with Crippen LogP contribution in [-0.4, -0.2) is 19.6 Å². The monoisotopic (exact) mass is 257 g/mol. The zero-order valence-corrected chi connectivity index (χ0v) is 13.1. The molecule has 0 heterocycles. The lowest BCUT2D eigenvalue weighted by Gasteiger charge is -2.26. The summed E-state index contributed by atoms with van der Waals surface area (Å²) in [5.74, 6) is 0. The van der Waals surface area contributed by atoms with E-state index in [-0.39, 0.29) is 13.9 Å². The average molecular weight is 257 g/mol. The minimum absolute atomic E-state index is 0.0667. The van der Waals surface area contributed by atoms with E-state index in [2.05, 4.69) is 69.1 Å². The van der Waals surface area contributed by atoms with E-state index in [0.29, 0.717) is 0 Å². The average Bonchev–Trinajstić information content (AvgIpc) is 2.56. The van der Waals surface area contributed by atoms with Gasteiger partial charge in [-0.05, 0) is 38.8 Å². The number of hydrogen-bond acceptors (Lipinski definition) is 1. The Kier molecular flexibility index (Phi) is 3.58. The number of anilines is 1. The molecule has 1 aliphatic rings. The Morgan fingerprint density at radius 3 is 2.67 bits per heavy atom. The van der Waals surface area contributed by atoms with Crippen LogP contribution < -0.4 is 5.32 Å². The van der Waals surface area contributed by atoms with E-state index in [9.17, 15) is 0 Å². The lowest BCUT2D eigenvalue weighted by atomic mass is 10.0. The molecule has 0 amide bonds. The molecule has 1 aromatic rings. The summed E-state index contributed by atoms with van der Waals surface area (Å²) in [6, 6.07) is 6.59. The standard InChI is InChI=1S/C16H23NSi/c1-12-9-13-7-6-8-15(14(13)10-12)17-16(2,3)11-18(4)5/h6-8,10-11,17H,9H2,1-5H3. The molecule has 18 heavy (non-hydrogen) atoms. The van der Waals surface area contributed by atoms with E-state index < -0.39 is 0 Å². The highest BCUT2D eigenvalue weighted by atomic mass is 28.2. The third kappa shape index (κ3) is 2.99. The van der Waals surface area contributed by atoms with Gasteiger partial charge in [-0.1, -0.05) is 42.5 Å². The van der Waals surface area contributed by atoms with Gasteiger partial charge in [0.1, 0.15) is 0 Å². The molecular formula is C16H23NSi. The van der Waals surface area contributed by atoms with E-state index in [1.54, 1.807) is 0 Å². The topological polar surface area (TPSA) is 12.0 Å². The van der Waals surface area contributed by atoms with Crippen LogP contribution in [0.4, 0.5) is 5.69 Å². The first-order valence-electron chi connectivity index (χ1n) is 6.61. The number of rotatable bonds is 3. The van der Waals surface area contributed by atoms with E-state index in [4.69, 9.17) is 0 Å². The largest absolute Gasteiger partial charge is 0.377 e. The maximum Gasteiger partial charge on any atom is 0.0461 e. The van der Waals surface area contributed by atoms with Gasteiger partial charge in [0.05, 0.1) is 0 Å². The molecule has 0 saturated heterocycles. The van der Waals surface area contributed by atoms with Gasteiger partial charge in [-0.25, -0.2) is 0 Å². The quantitative estimate of drug-likeness (QED) is 0.808. The molecule has 1 aromatic carbocycles. The molecule has 0 aliphatic heterocycles. The first-order valence-corrected chi connectivity index (χ1v) is 9.18. The van der Waals surface area contributed by atoms with Gasteiger partial charge in [-0.15, -0.1) is 0 Å². The zero-order valence-electron chi connectivity index (χ0n) is 12.1. The number of benzene rings is 1. The van der Waals surface area contributed by atoms with Gasteiger partial charge in [-0.2, -0.15) is 0 Å². The SMILES string of the molecule is CC1=Cc2c(cccc2NC(C)(C)C=[Si](C)C)C1. The molecule has 1 nitrogen and oxygen atoms in total. The Morgan fingerprint density at radius 2 is 2.00 bits per heavy atom. The van der Waals surface area contributed by atoms with Crippen LogP contribution >= 0.6 is 0 Å². The van der Waals surface area contributed by atoms with Gasteiger partial charge in [-0.3, -0.25) is 0 Å². The minimum atomic E-state index is -0.338. The Balaban J connectivity index is 2.32. The van der Waals surface area contributed by atoms with Crippen molar-refractivity contribution in [2.75, 3.05) is 5.32 Å². The molecule has 0 spiro atoms. The molecule has 0 unspecified atom stereocenters. The van der Waals surface area contributed by atoms with Crippen molar-refractivity contribution in [3.63, 3.8) is 0 Å². The zero-order chi connectivity index (χ0) is 13.3. The fourth-order valence-corrected chi connectivity index (χ4v) is 4.26. The van der Waals surface area contributed by atoms with Crippen LogP contribution in [0.25, 0.3) is 6.08 Å². The lowest BCUT2D eigenvalue weighted by molar-refractivity contribution is 0.783. The predicted octanol–water partition coefficient (Wildman–Crippen LogP) is 3.97. The first-order chi connectivity index (χ1) is 8.37. The highest BCUT2D eigenvalue weighted by Gasteiger charge is 2.18. The van der Waals surface area contributed by atoms with Crippen LogP contribution in [0.5, 0.6) is 0 Å². The minimum Gasteiger partial charge on any atom is -0.377 e. The van der Waals surface area contributed by atoms with Crippen molar-refractivity contribution in [2.45, 2.75) is 45.8 Å². The third-order valence-electron chi connectivity index (χ3n) is 3.16. The van der Waals surface area contributed by atoms with Gasteiger partial charge in [0.25, 0.3) is 0 Å². The lowest BCUT2D eigenvalue weighted by Crippen LogP contribution is -2.35. The van der Waals surface area contributed by atoms with Gasteiger partial charge in [0, 0.05) is 25.2 Å². The molecule has 0 bridgehead atoms. The number of hydrogen-bond donors (Lipinski definition) is 1. The van der Waals surface area contributed by atoms with Crippen molar-refractivity contribution in [3.05, 3.63) is 34.9 Å². The Hall–Kier alpha value is -1.15. The molecule has 0 radical (unpaired) electrons. The summed E-state index contributed by atoms with van der Waals surface area (Å²) in [6.07, 6.45) is 3.42. The molecular weight excluding hydrogens is 234 g/mol. The molecule has 96 valence electrons. The van der Waals surface area contributed by atoms with Gasteiger partial charge in [0.15, 0.2) is 0 Å². The van der Waals surface area contributed by atoms with Crippen LogP contribution in [0.3, 0.4) is 0 Å². The van der Waals surface area contributed by atoms with Crippen molar-refractivity contribution < 1.29 is 0 Å². The second-order valence-corrected chi connectivity index (χ2v) is 8.56. The molecule has 1 N–H and O–H groups in total. The van der Waals surface area contributed by atoms with Crippen LogP contribution in [-0.2, 0) is 6.42 Å². The Morgan fingerprint density at radius 1 is 1.28 bits per heavy atom. The van der Waals surface area contributed by atoms with Gasteiger partial charge in [0.2, 0.25) is 0 Å². The van der Waals surface area contributed by atoms with Crippen molar-refractivity contribution >= 4 is 25.8 Å². The van der Waals surface area contributed by atoms with Gasteiger partial charge < -0.3 is 5.32 Å². The van der Waals surface area contributed by atoms with E-state index in [1.807, 2.05) is 0 Å². The van der Waals surface area contributed by atoms with Crippen LogP contribution in [0.2, 0.25) is 13.1 Å². The summed E-state index contributed by atoms with van der Waals surface area (Å²) in [6.45, 7) is 11.4. The molecule has 0 aromatic heterocycles. The third-order valence-corrected chi connectivity index (χ3v) is 4.46.